The van der Waals surface area contributed by atoms with Crippen LogP contribution < -0.4 is 5.90 Å². The summed E-state index contributed by atoms with van der Waals surface area (Å²) in [6, 6.07) is 0. The van der Waals surface area contributed by atoms with Crippen LogP contribution in [0.15, 0.2) is 62.6 Å². The second kappa shape index (κ2) is 11.1. The largest absolute Gasteiger partial charge is 0.414 e. The normalized spacial score (nSPS) is 25.5. The van der Waals surface area contributed by atoms with Crippen molar-refractivity contribution in [3.8, 4) is 0 Å². The number of nitrogens with two attached hydrogens (primary N) is 1. The van der Waals surface area contributed by atoms with Crippen molar-refractivity contribution in [2.24, 2.45) is 33.3 Å². The Hall–Kier alpha value is -2.48. The molecule has 136 valence electrons. The molecule has 0 saturated heterocycles. The van der Waals surface area contributed by atoms with Gasteiger partial charge in [0, 0.05) is 0 Å². The van der Waals surface area contributed by atoms with E-state index in [1.807, 2.05) is 26.0 Å². The zero-order valence-corrected chi connectivity index (χ0v) is 14.6. The average Bonchev–Trinajstić information content (AvgIpc) is 2.63. The summed E-state index contributed by atoms with van der Waals surface area (Å²) in [6.07, 6.45) is 9.91. The van der Waals surface area contributed by atoms with Gasteiger partial charge in [0.1, 0.15) is 23.7 Å². The highest BCUT2D eigenvalue weighted by Crippen LogP contribution is 2.30. The molecular formula is C17H24N4O4. The van der Waals surface area contributed by atoms with Crippen LogP contribution in [-0.2, 0) is 4.84 Å². The number of nitroso groups, excluding NO2 is 3. The number of hydrogen-bond donors (Lipinski definition) is 1. The molecule has 0 aromatic carbocycles. The second-order valence-electron chi connectivity index (χ2n) is 5.99. The van der Waals surface area contributed by atoms with Gasteiger partial charge in [0.05, 0.1) is 0 Å². The minimum atomic E-state index is -0.106. The Morgan fingerprint density at radius 3 is 2.64 bits per heavy atom. The Labute approximate surface area is 146 Å². The summed E-state index contributed by atoms with van der Waals surface area (Å²) in [4.78, 5) is 37.1. The zero-order valence-electron chi connectivity index (χ0n) is 14.6. The van der Waals surface area contributed by atoms with E-state index in [2.05, 4.69) is 15.5 Å². The standard InChI is InChI=1S/C17H24N4O4/c1-3-13(10-15(25-18)11-19-22)14-5-4-6-16(20-23)17(21-24)9-12(2)7-8-14/h4,6,9-10,13-14H,3,5,7-8,11,18H2,1-2H3/b6-4?,12-9+,15-10+,17-16-. The van der Waals surface area contributed by atoms with Gasteiger partial charge in [-0.3, -0.25) is 0 Å². The molecule has 0 aliphatic heterocycles. The average molecular weight is 348 g/mol. The third-order valence-corrected chi connectivity index (χ3v) is 4.31. The van der Waals surface area contributed by atoms with Crippen molar-refractivity contribution in [2.75, 3.05) is 6.54 Å². The van der Waals surface area contributed by atoms with Gasteiger partial charge in [0.25, 0.3) is 0 Å². The maximum absolute atomic E-state index is 11.0. The van der Waals surface area contributed by atoms with Crippen LogP contribution in [0.5, 0.6) is 0 Å². The van der Waals surface area contributed by atoms with Crippen molar-refractivity contribution < 1.29 is 4.84 Å². The molecule has 1 aliphatic rings. The predicted molar refractivity (Wildman–Crippen MR) is 96.7 cm³/mol. The molecule has 8 nitrogen and oxygen atoms in total. The Bertz CT molecular complexity index is 608. The molecule has 1 aliphatic carbocycles. The molecular weight excluding hydrogens is 324 g/mol. The minimum absolute atomic E-state index is 0.0229. The van der Waals surface area contributed by atoms with Crippen LogP contribution in [-0.4, -0.2) is 6.54 Å². The van der Waals surface area contributed by atoms with Gasteiger partial charge in [-0.05, 0) is 73.0 Å². The molecule has 0 radical (unpaired) electrons. The molecule has 0 heterocycles. The van der Waals surface area contributed by atoms with E-state index in [4.69, 9.17) is 10.7 Å². The van der Waals surface area contributed by atoms with Crippen LogP contribution in [0.3, 0.4) is 0 Å². The van der Waals surface area contributed by atoms with E-state index < -0.39 is 0 Å². The highest BCUT2D eigenvalue weighted by atomic mass is 16.6. The van der Waals surface area contributed by atoms with E-state index in [0.717, 1.165) is 24.8 Å². The molecule has 0 fully saturated rings. The maximum Gasteiger partial charge on any atom is 0.145 e. The molecule has 0 aromatic heterocycles. The summed E-state index contributed by atoms with van der Waals surface area (Å²) in [7, 11) is 0. The summed E-state index contributed by atoms with van der Waals surface area (Å²) in [5.41, 5.74) is 1.01. The number of rotatable bonds is 8. The molecule has 1 rings (SSSR count). The lowest BCUT2D eigenvalue weighted by atomic mass is 9.82. The number of allylic oxidation sites excluding steroid dienone is 5. The molecule has 2 atom stereocenters. The fraction of sp³-hybridized carbons (Fsp3) is 0.529. The zero-order chi connectivity index (χ0) is 18.7. The summed E-state index contributed by atoms with van der Waals surface area (Å²) in [5.74, 6) is 5.93. The lowest BCUT2D eigenvalue weighted by Crippen LogP contribution is -2.15. The predicted octanol–water partition coefficient (Wildman–Crippen LogP) is 4.60. The first-order valence-electron chi connectivity index (χ1n) is 8.20. The van der Waals surface area contributed by atoms with Gasteiger partial charge < -0.3 is 4.84 Å². The van der Waals surface area contributed by atoms with E-state index in [-0.39, 0.29) is 29.8 Å². The first-order chi connectivity index (χ1) is 12.1. The van der Waals surface area contributed by atoms with Crippen molar-refractivity contribution in [3.63, 3.8) is 0 Å². The summed E-state index contributed by atoms with van der Waals surface area (Å²) < 4.78 is 0. The smallest absolute Gasteiger partial charge is 0.145 e. The number of nitrogens with zero attached hydrogens (tertiary/aromatic N) is 3. The van der Waals surface area contributed by atoms with Crippen LogP contribution in [0.2, 0.25) is 0 Å². The Morgan fingerprint density at radius 2 is 2.08 bits per heavy atom. The Kier molecular flexibility index (Phi) is 9.16. The van der Waals surface area contributed by atoms with Crippen molar-refractivity contribution in [1.82, 2.24) is 0 Å². The van der Waals surface area contributed by atoms with Gasteiger partial charge in [-0.15, -0.1) is 9.81 Å². The molecule has 8 heteroatoms. The van der Waals surface area contributed by atoms with Crippen LogP contribution in [0.4, 0.5) is 0 Å². The molecule has 0 saturated carbocycles. The topological polar surface area (TPSA) is 124 Å². The van der Waals surface area contributed by atoms with Gasteiger partial charge in [-0.25, -0.2) is 0 Å². The van der Waals surface area contributed by atoms with Crippen LogP contribution >= 0.6 is 0 Å². The summed E-state index contributed by atoms with van der Waals surface area (Å²) >= 11 is 0. The molecule has 2 unspecified atom stereocenters. The van der Waals surface area contributed by atoms with Gasteiger partial charge >= 0.3 is 0 Å². The SMILES string of the molecule is CCC(/C=C(\CN=O)ON)C1CC=C/C(N=O)=C(N=O)\C=C(/C)CC1. The van der Waals surface area contributed by atoms with Crippen LogP contribution in [0.1, 0.15) is 39.5 Å². The van der Waals surface area contributed by atoms with Gasteiger partial charge in [-0.2, -0.15) is 10.8 Å². The fourth-order valence-electron chi connectivity index (χ4n) is 2.91. The third kappa shape index (κ3) is 6.50. The van der Waals surface area contributed by atoms with Crippen LogP contribution in [0, 0.1) is 26.6 Å². The van der Waals surface area contributed by atoms with Crippen LogP contribution in [0.25, 0.3) is 0 Å². The minimum Gasteiger partial charge on any atom is -0.414 e. The molecule has 0 amide bonds. The van der Waals surface area contributed by atoms with E-state index in [1.54, 1.807) is 6.08 Å². The van der Waals surface area contributed by atoms with E-state index in [1.165, 1.54) is 6.08 Å². The quantitative estimate of drug-likeness (QED) is 0.390. The monoisotopic (exact) mass is 348 g/mol. The van der Waals surface area contributed by atoms with E-state index in [9.17, 15) is 14.7 Å². The van der Waals surface area contributed by atoms with Crippen molar-refractivity contribution in [2.45, 2.75) is 39.5 Å². The lowest BCUT2D eigenvalue weighted by molar-refractivity contribution is 0.210. The Morgan fingerprint density at radius 1 is 1.36 bits per heavy atom. The highest BCUT2D eigenvalue weighted by molar-refractivity contribution is 5.33. The first kappa shape index (κ1) is 20.6. The fourth-order valence-corrected chi connectivity index (χ4v) is 2.91. The molecule has 0 spiro atoms. The van der Waals surface area contributed by atoms with E-state index >= 15 is 0 Å². The summed E-state index contributed by atoms with van der Waals surface area (Å²) in [5, 5.41) is 8.60. The van der Waals surface area contributed by atoms with E-state index in [0.29, 0.717) is 12.2 Å². The summed E-state index contributed by atoms with van der Waals surface area (Å²) in [6.45, 7) is 3.82. The second-order valence-corrected chi connectivity index (χ2v) is 5.99. The Balaban J connectivity index is 3.11. The molecule has 0 aromatic rings. The van der Waals surface area contributed by atoms with Gasteiger partial charge in [0.2, 0.25) is 0 Å². The first-order valence-corrected chi connectivity index (χ1v) is 8.20. The lowest BCUT2D eigenvalue weighted by Gasteiger charge is -2.24. The molecule has 0 bridgehead atoms. The van der Waals surface area contributed by atoms with Crippen molar-refractivity contribution in [1.29, 1.82) is 0 Å². The van der Waals surface area contributed by atoms with Gasteiger partial charge in [0.15, 0.2) is 0 Å². The molecule has 2 N–H and O–H groups in total. The van der Waals surface area contributed by atoms with Gasteiger partial charge in [-0.1, -0.05) is 23.7 Å². The maximum atomic E-state index is 11.0. The molecule has 25 heavy (non-hydrogen) atoms. The van der Waals surface area contributed by atoms with Crippen molar-refractivity contribution in [3.05, 3.63) is 61.8 Å². The third-order valence-electron chi connectivity index (χ3n) is 4.31. The highest BCUT2D eigenvalue weighted by Gasteiger charge is 2.19. The number of hydrogen-bond acceptors (Lipinski definition) is 8. The van der Waals surface area contributed by atoms with Crippen molar-refractivity contribution >= 4 is 0 Å².